The average molecular weight is 286 g/mol. The minimum atomic E-state index is 0.450. The number of rotatable bonds is 7. The lowest BCUT2D eigenvalue weighted by molar-refractivity contribution is 0.110. The van der Waals surface area contributed by atoms with Crippen LogP contribution in [0.4, 0.5) is 0 Å². The molecule has 2 rings (SSSR count). The zero-order valence-electron chi connectivity index (χ0n) is 10.5. The van der Waals surface area contributed by atoms with E-state index in [0.29, 0.717) is 6.10 Å². The zero-order valence-corrected chi connectivity index (χ0v) is 12.1. The Morgan fingerprint density at radius 3 is 2.89 bits per heavy atom. The number of ether oxygens (including phenoxy) is 1. The molecule has 0 radical (unpaired) electrons. The van der Waals surface area contributed by atoms with Crippen molar-refractivity contribution < 1.29 is 4.74 Å². The van der Waals surface area contributed by atoms with Gasteiger partial charge >= 0.3 is 0 Å². The topological polar surface area (TPSA) is 21.3 Å². The van der Waals surface area contributed by atoms with Crippen molar-refractivity contribution in [2.75, 3.05) is 25.4 Å². The Morgan fingerprint density at radius 2 is 2.17 bits per heavy atom. The van der Waals surface area contributed by atoms with E-state index in [2.05, 4.69) is 17.4 Å². The van der Waals surface area contributed by atoms with Gasteiger partial charge in [-0.05, 0) is 30.5 Å². The predicted octanol–water partition coefficient (Wildman–Crippen LogP) is 3.34. The van der Waals surface area contributed by atoms with Gasteiger partial charge in [0.05, 0.1) is 6.10 Å². The number of hydrogen-bond acceptors (Lipinski definition) is 3. The molecule has 0 aromatic heterocycles. The smallest absolute Gasteiger partial charge is 0.0700 e. The first kappa shape index (κ1) is 14.2. The summed E-state index contributed by atoms with van der Waals surface area (Å²) in [6.07, 6.45) is 2.88. The maximum Gasteiger partial charge on any atom is 0.0700 e. The summed E-state index contributed by atoms with van der Waals surface area (Å²) in [7, 11) is 0. The van der Waals surface area contributed by atoms with E-state index < -0.39 is 0 Å². The molecule has 0 bridgehead atoms. The van der Waals surface area contributed by atoms with E-state index in [0.717, 1.165) is 36.2 Å². The molecule has 4 heteroatoms. The van der Waals surface area contributed by atoms with Gasteiger partial charge in [0.25, 0.3) is 0 Å². The van der Waals surface area contributed by atoms with Crippen molar-refractivity contribution in [2.24, 2.45) is 0 Å². The van der Waals surface area contributed by atoms with E-state index in [1.165, 1.54) is 18.4 Å². The molecule has 1 unspecified atom stereocenters. The highest BCUT2D eigenvalue weighted by Crippen LogP contribution is 2.15. The van der Waals surface area contributed by atoms with E-state index in [-0.39, 0.29) is 0 Å². The normalized spacial score (nSPS) is 19.3. The fraction of sp³-hybridized carbons (Fsp3) is 0.571. The second-order valence-electron chi connectivity index (χ2n) is 4.52. The van der Waals surface area contributed by atoms with Crippen molar-refractivity contribution in [1.82, 2.24) is 5.32 Å². The third-order valence-corrected chi connectivity index (χ3v) is 4.28. The molecule has 1 atom stereocenters. The van der Waals surface area contributed by atoms with Gasteiger partial charge in [0.15, 0.2) is 0 Å². The molecular formula is C14H20ClNOS. The molecule has 1 aromatic carbocycles. The summed E-state index contributed by atoms with van der Waals surface area (Å²) in [5.74, 6) is 2.19. The van der Waals surface area contributed by atoms with Gasteiger partial charge in [0, 0.05) is 36.2 Å². The van der Waals surface area contributed by atoms with Gasteiger partial charge < -0.3 is 10.1 Å². The summed E-state index contributed by atoms with van der Waals surface area (Å²) >= 11 is 7.80. The van der Waals surface area contributed by atoms with Crippen molar-refractivity contribution in [3.8, 4) is 0 Å². The van der Waals surface area contributed by atoms with Crippen LogP contribution in [0.1, 0.15) is 18.4 Å². The molecule has 1 aliphatic rings. The Morgan fingerprint density at radius 1 is 1.33 bits per heavy atom. The Hall–Kier alpha value is -0.220. The maximum absolute atomic E-state index is 5.85. The first-order valence-corrected chi connectivity index (χ1v) is 8.02. The van der Waals surface area contributed by atoms with Crippen molar-refractivity contribution in [2.45, 2.75) is 24.7 Å². The van der Waals surface area contributed by atoms with Crippen LogP contribution >= 0.6 is 23.4 Å². The number of benzene rings is 1. The monoisotopic (exact) mass is 285 g/mol. The van der Waals surface area contributed by atoms with E-state index in [1.54, 1.807) is 0 Å². The van der Waals surface area contributed by atoms with Crippen molar-refractivity contribution in [3.63, 3.8) is 0 Å². The Labute approximate surface area is 118 Å². The first-order chi connectivity index (χ1) is 8.84. The molecule has 0 saturated carbocycles. The van der Waals surface area contributed by atoms with E-state index in [1.807, 2.05) is 23.9 Å². The molecule has 100 valence electrons. The molecule has 1 heterocycles. The second kappa shape index (κ2) is 8.05. The quantitative estimate of drug-likeness (QED) is 0.777. The standard InChI is InChI=1S/C14H20ClNOS/c15-13-5-3-12(4-6-13)11-18-9-7-16-10-14-2-1-8-17-14/h3-6,14,16H,1-2,7-11H2. The molecule has 1 fully saturated rings. The van der Waals surface area contributed by atoms with E-state index in [9.17, 15) is 0 Å². The van der Waals surface area contributed by atoms with Crippen LogP contribution in [0, 0.1) is 0 Å². The van der Waals surface area contributed by atoms with Crippen LogP contribution in [0.3, 0.4) is 0 Å². The zero-order chi connectivity index (χ0) is 12.6. The highest BCUT2D eigenvalue weighted by Gasteiger charge is 2.13. The molecular weight excluding hydrogens is 266 g/mol. The third-order valence-electron chi connectivity index (χ3n) is 3.00. The van der Waals surface area contributed by atoms with E-state index >= 15 is 0 Å². The van der Waals surface area contributed by atoms with Crippen molar-refractivity contribution in [1.29, 1.82) is 0 Å². The number of hydrogen-bond donors (Lipinski definition) is 1. The summed E-state index contributed by atoms with van der Waals surface area (Å²) in [4.78, 5) is 0. The summed E-state index contributed by atoms with van der Waals surface area (Å²) in [6, 6.07) is 8.09. The van der Waals surface area contributed by atoms with Gasteiger partial charge in [-0.15, -0.1) is 0 Å². The lowest BCUT2D eigenvalue weighted by atomic mass is 10.2. The molecule has 1 aromatic rings. The van der Waals surface area contributed by atoms with Crippen LogP contribution in [-0.2, 0) is 10.5 Å². The summed E-state index contributed by atoms with van der Waals surface area (Å²) in [5, 5.41) is 4.26. The van der Waals surface area contributed by atoms with Gasteiger partial charge in [-0.3, -0.25) is 0 Å². The Balaban J connectivity index is 1.49. The van der Waals surface area contributed by atoms with Crippen LogP contribution in [0.5, 0.6) is 0 Å². The Bertz CT molecular complexity index is 338. The molecule has 1 aliphatic heterocycles. The van der Waals surface area contributed by atoms with Gasteiger partial charge in [-0.1, -0.05) is 23.7 Å². The predicted molar refractivity (Wildman–Crippen MR) is 79.5 cm³/mol. The fourth-order valence-electron chi connectivity index (χ4n) is 1.98. The number of nitrogens with one attached hydrogen (secondary N) is 1. The fourth-order valence-corrected chi connectivity index (χ4v) is 2.97. The van der Waals surface area contributed by atoms with Crippen molar-refractivity contribution >= 4 is 23.4 Å². The lowest BCUT2D eigenvalue weighted by Gasteiger charge is -2.10. The molecule has 2 nitrogen and oxygen atoms in total. The maximum atomic E-state index is 5.85. The minimum absolute atomic E-state index is 0.450. The molecule has 1 saturated heterocycles. The van der Waals surface area contributed by atoms with E-state index in [4.69, 9.17) is 16.3 Å². The lowest BCUT2D eigenvalue weighted by Crippen LogP contribution is -2.27. The number of thioether (sulfide) groups is 1. The second-order valence-corrected chi connectivity index (χ2v) is 6.06. The van der Waals surface area contributed by atoms with Crippen LogP contribution in [0.2, 0.25) is 5.02 Å². The van der Waals surface area contributed by atoms with Crippen LogP contribution in [-0.4, -0.2) is 31.6 Å². The number of halogens is 1. The van der Waals surface area contributed by atoms with Gasteiger partial charge in [-0.25, -0.2) is 0 Å². The molecule has 0 amide bonds. The molecule has 0 aliphatic carbocycles. The third kappa shape index (κ3) is 5.19. The Kier molecular flexibility index (Phi) is 6.35. The summed E-state index contributed by atoms with van der Waals surface area (Å²) in [5.41, 5.74) is 1.34. The molecule has 18 heavy (non-hydrogen) atoms. The molecule has 1 N–H and O–H groups in total. The first-order valence-electron chi connectivity index (χ1n) is 6.49. The minimum Gasteiger partial charge on any atom is -0.377 e. The summed E-state index contributed by atoms with van der Waals surface area (Å²) < 4.78 is 5.56. The van der Waals surface area contributed by atoms with Gasteiger partial charge in [-0.2, -0.15) is 11.8 Å². The largest absolute Gasteiger partial charge is 0.377 e. The van der Waals surface area contributed by atoms with Crippen LogP contribution < -0.4 is 5.32 Å². The van der Waals surface area contributed by atoms with Crippen molar-refractivity contribution in [3.05, 3.63) is 34.9 Å². The highest BCUT2D eigenvalue weighted by molar-refractivity contribution is 7.98. The average Bonchev–Trinajstić information content (AvgIpc) is 2.89. The SMILES string of the molecule is Clc1ccc(CSCCNCC2CCCO2)cc1. The molecule has 0 spiro atoms. The van der Waals surface area contributed by atoms with Gasteiger partial charge in [0.1, 0.15) is 0 Å². The van der Waals surface area contributed by atoms with Gasteiger partial charge in [0.2, 0.25) is 0 Å². The summed E-state index contributed by atoms with van der Waals surface area (Å²) in [6.45, 7) is 3.00. The van der Waals surface area contributed by atoms with Crippen LogP contribution in [0.25, 0.3) is 0 Å². The highest BCUT2D eigenvalue weighted by atomic mass is 35.5. The van der Waals surface area contributed by atoms with Crippen LogP contribution in [0.15, 0.2) is 24.3 Å².